The first kappa shape index (κ1) is 18.7. The summed E-state index contributed by atoms with van der Waals surface area (Å²) in [6.07, 6.45) is 3.56. The van der Waals surface area contributed by atoms with E-state index in [0.717, 1.165) is 30.3 Å². The average molecular weight is 399 g/mol. The second-order valence-corrected chi connectivity index (χ2v) is 6.72. The first-order valence-electron chi connectivity index (χ1n) is 8.34. The van der Waals surface area contributed by atoms with Gasteiger partial charge in [-0.3, -0.25) is 4.79 Å². The van der Waals surface area contributed by atoms with Gasteiger partial charge < -0.3 is 16.0 Å². The van der Waals surface area contributed by atoms with E-state index in [1.165, 1.54) is 6.07 Å². The Kier molecular flexibility index (Phi) is 7.49. The minimum absolute atomic E-state index is 0.0494. The molecular weight excluding hydrogens is 375 g/mol. The third kappa shape index (κ3) is 6.86. The van der Waals surface area contributed by atoms with Gasteiger partial charge in [-0.1, -0.05) is 22.0 Å². The number of aliphatic imine (C=N–C) groups is 1. The van der Waals surface area contributed by atoms with Crippen LogP contribution in [-0.4, -0.2) is 37.5 Å². The van der Waals surface area contributed by atoms with E-state index in [9.17, 15) is 9.18 Å². The number of amides is 1. The van der Waals surface area contributed by atoms with Gasteiger partial charge in [0.05, 0.1) is 0 Å². The van der Waals surface area contributed by atoms with Gasteiger partial charge in [-0.15, -0.1) is 0 Å². The van der Waals surface area contributed by atoms with E-state index in [2.05, 4.69) is 36.9 Å². The number of carbonyl (C=O) groups excluding carboxylic acids is 1. The molecule has 0 saturated heterocycles. The number of hydrogen-bond donors (Lipinski definition) is 3. The summed E-state index contributed by atoms with van der Waals surface area (Å²) in [5.74, 6) is 0.369. The van der Waals surface area contributed by atoms with Crippen molar-refractivity contribution in [1.29, 1.82) is 0 Å². The molecule has 1 aliphatic carbocycles. The minimum atomic E-state index is -0.193. The molecule has 0 heterocycles. The summed E-state index contributed by atoms with van der Waals surface area (Å²) >= 11 is 3.25. The number of nitrogens with one attached hydrogen (secondary N) is 3. The minimum Gasteiger partial charge on any atom is -0.357 e. The molecule has 132 valence electrons. The average Bonchev–Trinajstić information content (AvgIpc) is 3.34. The number of halogens is 2. The monoisotopic (exact) mass is 398 g/mol. The maximum atomic E-state index is 13.7. The number of hydrogen-bond acceptors (Lipinski definition) is 2. The topological polar surface area (TPSA) is 65.5 Å². The lowest BCUT2D eigenvalue weighted by atomic mass is 10.1. The molecule has 7 heteroatoms. The highest BCUT2D eigenvalue weighted by Crippen LogP contribution is 2.18. The van der Waals surface area contributed by atoms with Gasteiger partial charge in [-0.25, -0.2) is 9.38 Å². The molecule has 0 bridgehead atoms. The maximum absolute atomic E-state index is 13.7. The Morgan fingerprint density at radius 3 is 2.83 bits per heavy atom. The Labute approximate surface area is 150 Å². The summed E-state index contributed by atoms with van der Waals surface area (Å²) in [7, 11) is 0. The molecule has 0 aliphatic heterocycles. The molecule has 2 rings (SSSR count). The third-order valence-electron chi connectivity index (χ3n) is 3.60. The van der Waals surface area contributed by atoms with E-state index < -0.39 is 0 Å². The van der Waals surface area contributed by atoms with Crippen molar-refractivity contribution in [2.75, 3.05) is 19.6 Å². The lowest BCUT2D eigenvalue weighted by Crippen LogP contribution is -2.39. The van der Waals surface area contributed by atoms with Crippen LogP contribution in [0.5, 0.6) is 0 Å². The summed E-state index contributed by atoms with van der Waals surface area (Å²) in [6.45, 7) is 3.47. The van der Waals surface area contributed by atoms with E-state index in [0.29, 0.717) is 30.5 Å². The fourth-order valence-corrected chi connectivity index (χ4v) is 2.54. The Morgan fingerprint density at radius 1 is 1.38 bits per heavy atom. The van der Waals surface area contributed by atoms with Crippen LogP contribution in [0.25, 0.3) is 0 Å². The quantitative estimate of drug-likeness (QED) is 0.357. The van der Waals surface area contributed by atoms with Crippen molar-refractivity contribution in [3.05, 3.63) is 34.1 Å². The van der Waals surface area contributed by atoms with E-state index in [1.54, 1.807) is 6.07 Å². The SMILES string of the molecule is CCNC(=NCC(=O)NC1CC1)NCCCc1ccc(Br)cc1F. The molecule has 0 unspecified atom stereocenters. The lowest BCUT2D eigenvalue weighted by Gasteiger charge is -2.11. The van der Waals surface area contributed by atoms with Crippen LogP contribution in [0.4, 0.5) is 4.39 Å². The molecule has 0 spiro atoms. The van der Waals surface area contributed by atoms with Crippen molar-refractivity contribution >= 4 is 27.8 Å². The van der Waals surface area contributed by atoms with Crippen LogP contribution >= 0.6 is 15.9 Å². The van der Waals surface area contributed by atoms with Gasteiger partial charge >= 0.3 is 0 Å². The van der Waals surface area contributed by atoms with Crippen molar-refractivity contribution in [3.8, 4) is 0 Å². The molecule has 24 heavy (non-hydrogen) atoms. The zero-order chi connectivity index (χ0) is 17.4. The highest BCUT2D eigenvalue weighted by Gasteiger charge is 2.22. The van der Waals surface area contributed by atoms with Crippen molar-refractivity contribution in [2.24, 2.45) is 4.99 Å². The van der Waals surface area contributed by atoms with E-state index in [1.807, 2.05) is 13.0 Å². The summed E-state index contributed by atoms with van der Waals surface area (Å²) in [4.78, 5) is 15.9. The van der Waals surface area contributed by atoms with Gasteiger partial charge in [0.25, 0.3) is 0 Å². The normalized spacial score (nSPS) is 14.4. The highest BCUT2D eigenvalue weighted by atomic mass is 79.9. The highest BCUT2D eigenvalue weighted by molar-refractivity contribution is 9.10. The van der Waals surface area contributed by atoms with Gasteiger partial charge in [-0.05, 0) is 50.3 Å². The van der Waals surface area contributed by atoms with Crippen molar-refractivity contribution in [3.63, 3.8) is 0 Å². The fraction of sp³-hybridized carbons (Fsp3) is 0.529. The largest absolute Gasteiger partial charge is 0.357 e. The molecule has 1 amide bonds. The summed E-state index contributed by atoms with van der Waals surface area (Å²) in [5.41, 5.74) is 0.700. The molecule has 0 atom stereocenters. The number of benzene rings is 1. The molecule has 1 aromatic rings. The molecule has 3 N–H and O–H groups in total. The van der Waals surface area contributed by atoms with Gasteiger partial charge in [0.1, 0.15) is 12.4 Å². The fourth-order valence-electron chi connectivity index (χ4n) is 2.20. The second-order valence-electron chi connectivity index (χ2n) is 5.80. The Balaban J connectivity index is 1.72. The third-order valence-corrected chi connectivity index (χ3v) is 4.09. The number of rotatable bonds is 8. The van der Waals surface area contributed by atoms with Crippen LogP contribution in [-0.2, 0) is 11.2 Å². The molecule has 1 fully saturated rings. The van der Waals surface area contributed by atoms with E-state index in [4.69, 9.17) is 0 Å². The molecular formula is C17H24BrFN4O. The van der Waals surface area contributed by atoms with Crippen molar-refractivity contribution in [2.45, 2.75) is 38.6 Å². The molecule has 1 saturated carbocycles. The Bertz CT molecular complexity index is 590. The summed E-state index contributed by atoms with van der Waals surface area (Å²) in [6, 6.07) is 5.47. The van der Waals surface area contributed by atoms with Crippen LogP contribution in [0, 0.1) is 5.82 Å². The van der Waals surface area contributed by atoms with Crippen LogP contribution in [0.3, 0.4) is 0 Å². The van der Waals surface area contributed by atoms with Gasteiger partial charge in [0.2, 0.25) is 5.91 Å². The molecule has 1 aromatic carbocycles. The number of aryl methyl sites for hydroxylation is 1. The Morgan fingerprint density at radius 2 is 2.17 bits per heavy atom. The van der Waals surface area contributed by atoms with Crippen LogP contribution in [0.2, 0.25) is 0 Å². The zero-order valence-electron chi connectivity index (χ0n) is 13.9. The molecule has 0 aromatic heterocycles. The van der Waals surface area contributed by atoms with Gasteiger partial charge in [0.15, 0.2) is 5.96 Å². The van der Waals surface area contributed by atoms with Gasteiger partial charge in [-0.2, -0.15) is 0 Å². The zero-order valence-corrected chi connectivity index (χ0v) is 15.5. The van der Waals surface area contributed by atoms with Crippen LogP contribution < -0.4 is 16.0 Å². The number of nitrogens with zero attached hydrogens (tertiary/aromatic N) is 1. The molecule has 5 nitrogen and oxygen atoms in total. The maximum Gasteiger partial charge on any atom is 0.242 e. The number of guanidine groups is 1. The first-order chi connectivity index (χ1) is 11.6. The molecule has 0 radical (unpaired) electrons. The first-order valence-corrected chi connectivity index (χ1v) is 9.13. The molecule has 1 aliphatic rings. The van der Waals surface area contributed by atoms with Crippen molar-refractivity contribution in [1.82, 2.24) is 16.0 Å². The lowest BCUT2D eigenvalue weighted by molar-refractivity contribution is -0.119. The van der Waals surface area contributed by atoms with E-state index in [-0.39, 0.29) is 18.3 Å². The standard InChI is InChI=1S/C17H24BrFN4O/c1-2-20-17(22-11-16(24)23-14-7-8-14)21-9-3-4-12-5-6-13(18)10-15(12)19/h5-6,10,14H,2-4,7-9,11H2,1H3,(H,23,24)(H2,20,21,22). The smallest absolute Gasteiger partial charge is 0.242 e. The summed E-state index contributed by atoms with van der Waals surface area (Å²) in [5, 5.41) is 9.18. The van der Waals surface area contributed by atoms with Crippen LogP contribution in [0.15, 0.2) is 27.7 Å². The predicted molar refractivity (Wildman–Crippen MR) is 97.6 cm³/mol. The number of carbonyl (C=O) groups is 1. The predicted octanol–water partition coefficient (Wildman–Crippen LogP) is 2.35. The Hall–Kier alpha value is -1.63. The van der Waals surface area contributed by atoms with Crippen LogP contribution in [0.1, 0.15) is 31.7 Å². The second kappa shape index (κ2) is 9.61. The van der Waals surface area contributed by atoms with Crippen molar-refractivity contribution < 1.29 is 9.18 Å². The summed E-state index contributed by atoms with van der Waals surface area (Å²) < 4.78 is 14.5. The van der Waals surface area contributed by atoms with Gasteiger partial charge in [0, 0.05) is 23.6 Å². The van der Waals surface area contributed by atoms with E-state index >= 15 is 0 Å².